The number of nitriles is 1. The van der Waals surface area contributed by atoms with Crippen LogP contribution in [-0.4, -0.2) is 29.2 Å². The fourth-order valence-corrected chi connectivity index (χ4v) is 1.71. The number of hydrogen-bond donors (Lipinski definition) is 2. The van der Waals surface area contributed by atoms with Crippen molar-refractivity contribution in [1.82, 2.24) is 5.32 Å². The SMILES string of the molecule is CC1(CO)NC(=O)N(c2ccc(C#N)cc2)C1=O. The van der Waals surface area contributed by atoms with Gasteiger partial charge in [0.1, 0.15) is 5.54 Å². The summed E-state index contributed by atoms with van der Waals surface area (Å²) in [7, 11) is 0. The van der Waals surface area contributed by atoms with E-state index in [0.29, 0.717) is 11.3 Å². The second-order valence-electron chi connectivity index (χ2n) is 4.22. The number of aliphatic hydroxyl groups excluding tert-OH is 1. The molecule has 1 heterocycles. The van der Waals surface area contributed by atoms with Crippen LogP contribution in [0.25, 0.3) is 0 Å². The van der Waals surface area contributed by atoms with Crippen LogP contribution in [0.15, 0.2) is 24.3 Å². The first-order valence-electron chi connectivity index (χ1n) is 5.29. The summed E-state index contributed by atoms with van der Waals surface area (Å²) >= 11 is 0. The standard InChI is InChI=1S/C12H11N3O3/c1-12(7-16)10(17)15(11(18)14-12)9-4-2-8(6-13)3-5-9/h2-5,16H,7H2,1H3,(H,14,18). The van der Waals surface area contributed by atoms with Gasteiger partial charge in [0.2, 0.25) is 0 Å². The minimum absolute atomic E-state index is 0.369. The van der Waals surface area contributed by atoms with Crippen LogP contribution >= 0.6 is 0 Å². The highest BCUT2D eigenvalue weighted by atomic mass is 16.3. The normalized spacial score (nSPS) is 22.8. The Labute approximate surface area is 103 Å². The van der Waals surface area contributed by atoms with Crippen LogP contribution in [-0.2, 0) is 4.79 Å². The van der Waals surface area contributed by atoms with Crippen LogP contribution in [0.5, 0.6) is 0 Å². The van der Waals surface area contributed by atoms with E-state index in [2.05, 4.69) is 5.32 Å². The Morgan fingerprint density at radius 2 is 2.00 bits per heavy atom. The maximum atomic E-state index is 12.0. The summed E-state index contributed by atoms with van der Waals surface area (Å²) in [6.07, 6.45) is 0. The van der Waals surface area contributed by atoms with E-state index in [0.717, 1.165) is 4.90 Å². The molecule has 3 amide bonds. The first-order chi connectivity index (χ1) is 8.51. The van der Waals surface area contributed by atoms with Gasteiger partial charge in [0.15, 0.2) is 0 Å². The molecule has 6 heteroatoms. The first-order valence-corrected chi connectivity index (χ1v) is 5.29. The molecule has 18 heavy (non-hydrogen) atoms. The van der Waals surface area contributed by atoms with E-state index in [1.807, 2.05) is 6.07 Å². The van der Waals surface area contributed by atoms with E-state index in [9.17, 15) is 9.59 Å². The van der Waals surface area contributed by atoms with Crippen molar-refractivity contribution in [2.75, 3.05) is 11.5 Å². The molecule has 1 saturated heterocycles. The maximum absolute atomic E-state index is 12.0. The smallest absolute Gasteiger partial charge is 0.329 e. The number of hydrogen-bond acceptors (Lipinski definition) is 4. The molecule has 1 atom stereocenters. The molecule has 1 aromatic rings. The third kappa shape index (κ3) is 1.71. The predicted octanol–water partition coefficient (Wildman–Crippen LogP) is 0.365. The van der Waals surface area contributed by atoms with Crippen molar-refractivity contribution < 1.29 is 14.7 Å². The van der Waals surface area contributed by atoms with Crippen molar-refractivity contribution in [1.29, 1.82) is 5.26 Å². The molecule has 6 nitrogen and oxygen atoms in total. The molecular formula is C12H11N3O3. The monoisotopic (exact) mass is 245 g/mol. The highest BCUT2D eigenvalue weighted by molar-refractivity contribution is 6.23. The largest absolute Gasteiger partial charge is 0.393 e. The van der Waals surface area contributed by atoms with Crippen molar-refractivity contribution in [3.63, 3.8) is 0 Å². The molecule has 0 spiro atoms. The Hall–Kier alpha value is -2.39. The van der Waals surface area contributed by atoms with Gasteiger partial charge < -0.3 is 10.4 Å². The van der Waals surface area contributed by atoms with E-state index in [-0.39, 0.29) is 0 Å². The van der Waals surface area contributed by atoms with E-state index >= 15 is 0 Å². The molecule has 1 aromatic carbocycles. The molecule has 2 N–H and O–H groups in total. The molecule has 0 saturated carbocycles. The number of carbonyl (C=O) groups is 2. The van der Waals surface area contributed by atoms with Gasteiger partial charge in [0.05, 0.1) is 23.9 Å². The van der Waals surface area contributed by atoms with Crippen LogP contribution in [0.3, 0.4) is 0 Å². The zero-order valence-corrected chi connectivity index (χ0v) is 9.67. The number of urea groups is 1. The van der Waals surface area contributed by atoms with Gasteiger partial charge in [-0.2, -0.15) is 5.26 Å². The van der Waals surface area contributed by atoms with Crippen LogP contribution in [0, 0.1) is 11.3 Å². The molecule has 2 rings (SSSR count). The molecule has 1 unspecified atom stereocenters. The van der Waals surface area contributed by atoms with Crippen molar-refractivity contribution >= 4 is 17.6 Å². The van der Waals surface area contributed by atoms with Gasteiger partial charge >= 0.3 is 6.03 Å². The number of imide groups is 1. The molecule has 1 fully saturated rings. The van der Waals surface area contributed by atoms with Crippen molar-refractivity contribution in [3.05, 3.63) is 29.8 Å². The van der Waals surface area contributed by atoms with Gasteiger partial charge in [-0.05, 0) is 31.2 Å². The maximum Gasteiger partial charge on any atom is 0.329 e. The Morgan fingerprint density at radius 1 is 1.39 bits per heavy atom. The molecule has 0 aromatic heterocycles. The number of rotatable bonds is 2. The summed E-state index contributed by atoms with van der Waals surface area (Å²) in [6.45, 7) is 0.987. The van der Waals surface area contributed by atoms with Gasteiger partial charge in [0.25, 0.3) is 5.91 Å². The van der Waals surface area contributed by atoms with Crippen molar-refractivity contribution in [2.45, 2.75) is 12.5 Å². The molecule has 0 aliphatic carbocycles. The van der Waals surface area contributed by atoms with Gasteiger partial charge in [-0.15, -0.1) is 0 Å². The van der Waals surface area contributed by atoms with Gasteiger partial charge in [-0.1, -0.05) is 0 Å². The minimum atomic E-state index is -1.29. The average Bonchev–Trinajstić information content (AvgIpc) is 2.61. The summed E-state index contributed by atoms with van der Waals surface area (Å²) in [5, 5.41) is 20.3. The van der Waals surface area contributed by atoms with Crippen molar-refractivity contribution in [2.24, 2.45) is 0 Å². The van der Waals surface area contributed by atoms with Crippen LogP contribution in [0.2, 0.25) is 0 Å². The molecule has 92 valence electrons. The topological polar surface area (TPSA) is 93.4 Å². The second kappa shape index (κ2) is 4.13. The molecular weight excluding hydrogens is 234 g/mol. The van der Waals surface area contributed by atoms with Crippen LogP contribution in [0.4, 0.5) is 10.5 Å². The Kier molecular flexibility index (Phi) is 2.77. The third-order valence-electron chi connectivity index (χ3n) is 2.83. The third-order valence-corrected chi connectivity index (χ3v) is 2.83. The Balaban J connectivity index is 2.36. The highest BCUT2D eigenvalue weighted by Crippen LogP contribution is 2.24. The lowest BCUT2D eigenvalue weighted by molar-refractivity contribution is -0.122. The fourth-order valence-electron chi connectivity index (χ4n) is 1.71. The number of carbonyl (C=O) groups excluding carboxylic acids is 2. The molecule has 1 aliphatic rings. The summed E-state index contributed by atoms with van der Waals surface area (Å²) < 4.78 is 0. The summed E-state index contributed by atoms with van der Waals surface area (Å²) in [5.41, 5.74) is -0.477. The summed E-state index contributed by atoms with van der Waals surface area (Å²) in [4.78, 5) is 24.7. The van der Waals surface area contributed by atoms with Crippen molar-refractivity contribution in [3.8, 4) is 6.07 Å². The lowest BCUT2D eigenvalue weighted by atomic mass is 10.0. The highest BCUT2D eigenvalue weighted by Gasteiger charge is 2.48. The second-order valence-corrected chi connectivity index (χ2v) is 4.22. The van der Waals surface area contributed by atoms with Gasteiger partial charge in [-0.3, -0.25) is 4.79 Å². The van der Waals surface area contributed by atoms with Gasteiger partial charge in [0, 0.05) is 0 Å². The Bertz CT molecular complexity index is 547. The lowest BCUT2D eigenvalue weighted by Gasteiger charge is -2.18. The van der Waals surface area contributed by atoms with E-state index in [1.54, 1.807) is 0 Å². The molecule has 1 aliphatic heterocycles. The number of nitrogens with zero attached hydrogens (tertiary/aromatic N) is 2. The van der Waals surface area contributed by atoms with E-state index < -0.39 is 24.1 Å². The zero-order valence-electron chi connectivity index (χ0n) is 9.67. The lowest BCUT2D eigenvalue weighted by Crippen LogP contribution is -2.47. The minimum Gasteiger partial charge on any atom is -0.393 e. The predicted molar refractivity (Wildman–Crippen MR) is 62.7 cm³/mol. The number of benzene rings is 1. The van der Waals surface area contributed by atoms with Crippen LogP contribution < -0.4 is 10.2 Å². The quantitative estimate of drug-likeness (QED) is 0.736. The summed E-state index contributed by atoms with van der Waals surface area (Å²) in [5.74, 6) is -0.514. The number of anilines is 1. The van der Waals surface area contributed by atoms with E-state index in [1.165, 1.54) is 31.2 Å². The Morgan fingerprint density at radius 3 is 2.44 bits per heavy atom. The molecule has 0 bridgehead atoms. The first kappa shape index (κ1) is 12.1. The number of aliphatic hydroxyl groups is 1. The fraction of sp³-hybridized carbons (Fsp3) is 0.250. The number of nitrogens with one attached hydrogen (secondary N) is 1. The average molecular weight is 245 g/mol. The van der Waals surface area contributed by atoms with Crippen LogP contribution in [0.1, 0.15) is 12.5 Å². The zero-order chi connectivity index (χ0) is 13.3. The molecule has 0 radical (unpaired) electrons. The number of amides is 3. The summed E-state index contributed by atoms with van der Waals surface area (Å²) in [6, 6.07) is 7.43. The van der Waals surface area contributed by atoms with Gasteiger partial charge in [-0.25, -0.2) is 9.69 Å². The van der Waals surface area contributed by atoms with E-state index in [4.69, 9.17) is 10.4 Å².